The summed E-state index contributed by atoms with van der Waals surface area (Å²) in [6.07, 6.45) is 3.13. The Bertz CT molecular complexity index is 1140. The number of fused-ring (bicyclic) bond motifs is 1. The van der Waals surface area contributed by atoms with E-state index in [-0.39, 0.29) is 16.4 Å². The molecule has 6 nitrogen and oxygen atoms in total. The maximum atomic E-state index is 13.4. The van der Waals surface area contributed by atoms with Crippen molar-refractivity contribution in [1.82, 2.24) is 9.88 Å². The topological polar surface area (TPSA) is 70.6 Å². The van der Waals surface area contributed by atoms with Crippen LogP contribution in [-0.4, -0.2) is 63.9 Å². The van der Waals surface area contributed by atoms with Crippen LogP contribution in [0.1, 0.15) is 10.4 Å². The largest absolute Gasteiger partial charge is 0.308 e. The number of anilines is 1. The lowest BCUT2D eigenvalue weighted by atomic mass is 10.2. The van der Waals surface area contributed by atoms with E-state index >= 15 is 0 Å². The molecule has 1 amide bonds. The fourth-order valence-corrected chi connectivity index (χ4v) is 5.26. The third-order valence-electron chi connectivity index (χ3n) is 4.35. The second-order valence-electron chi connectivity index (χ2n) is 6.86. The van der Waals surface area contributed by atoms with Gasteiger partial charge in [0.1, 0.15) is 0 Å². The van der Waals surface area contributed by atoms with Gasteiger partial charge in [0, 0.05) is 24.2 Å². The second kappa shape index (κ2) is 8.83. The molecule has 3 rings (SSSR count). The number of likely N-dealkylation sites (N-methyl/N-ethyl adjacent to an activating group) is 1. The van der Waals surface area contributed by atoms with E-state index < -0.39 is 9.84 Å². The molecule has 1 heterocycles. The minimum Gasteiger partial charge on any atom is -0.308 e. The molecule has 9 heteroatoms. The minimum absolute atomic E-state index is 0.0330. The number of rotatable bonds is 7. The number of thioether (sulfide) groups is 1. The molecule has 0 N–H and O–H groups in total. The van der Waals surface area contributed by atoms with E-state index in [4.69, 9.17) is 0 Å². The van der Waals surface area contributed by atoms with Crippen molar-refractivity contribution in [3.63, 3.8) is 0 Å². The van der Waals surface area contributed by atoms with Crippen LogP contribution >= 0.6 is 23.1 Å². The first-order valence-corrected chi connectivity index (χ1v) is 12.8. The maximum Gasteiger partial charge on any atom is 0.261 e. The van der Waals surface area contributed by atoms with Gasteiger partial charge in [-0.15, -0.1) is 11.8 Å². The van der Waals surface area contributed by atoms with E-state index in [2.05, 4.69) is 11.1 Å². The van der Waals surface area contributed by atoms with Crippen molar-refractivity contribution in [3.8, 4) is 0 Å². The van der Waals surface area contributed by atoms with Gasteiger partial charge in [-0.1, -0.05) is 23.5 Å². The third-order valence-corrected chi connectivity index (χ3v) is 7.27. The molecule has 0 unspecified atom stereocenters. The Morgan fingerprint density at radius 2 is 1.86 bits per heavy atom. The highest BCUT2D eigenvalue weighted by Crippen LogP contribution is 2.32. The van der Waals surface area contributed by atoms with E-state index in [9.17, 15) is 13.2 Å². The van der Waals surface area contributed by atoms with Crippen molar-refractivity contribution in [2.45, 2.75) is 9.79 Å². The zero-order chi connectivity index (χ0) is 21.2. The van der Waals surface area contributed by atoms with Gasteiger partial charge < -0.3 is 4.90 Å². The number of sulfone groups is 1. The normalized spacial score (nSPS) is 11.9. The van der Waals surface area contributed by atoms with Crippen molar-refractivity contribution in [3.05, 3.63) is 48.0 Å². The van der Waals surface area contributed by atoms with Gasteiger partial charge >= 0.3 is 0 Å². The molecule has 1 aromatic heterocycles. The number of carbonyl (C=O) groups excluding carboxylic acids is 1. The van der Waals surface area contributed by atoms with Gasteiger partial charge in [0.25, 0.3) is 5.91 Å². The number of nitrogens with zero attached hydrogens (tertiary/aromatic N) is 3. The van der Waals surface area contributed by atoms with E-state index in [1.807, 2.05) is 37.4 Å². The summed E-state index contributed by atoms with van der Waals surface area (Å²) < 4.78 is 25.4. The van der Waals surface area contributed by atoms with Crippen LogP contribution in [0.25, 0.3) is 10.2 Å². The van der Waals surface area contributed by atoms with Gasteiger partial charge in [-0.2, -0.15) is 0 Å². The van der Waals surface area contributed by atoms with Gasteiger partial charge in [-0.25, -0.2) is 13.4 Å². The predicted octanol–water partition coefficient (Wildman–Crippen LogP) is 3.63. The Kier molecular flexibility index (Phi) is 6.62. The van der Waals surface area contributed by atoms with E-state index in [1.165, 1.54) is 17.4 Å². The molecule has 0 aliphatic carbocycles. The number of amides is 1. The zero-order valence-electron chi connectivity index (χ0n) is 16.7. The summed E-state index contributed by atoms with van der Waals surface area (Å²) in [6, 6.07) is 12.3. The SMILES string of the molecule is CSc1ccc2nc(N(CCN(C)C)C(=O)c3ccccc3S(C)(=O)=O)sc2c1. The molecule has 3 aromatic rings. The summed E-state index contributed by atoms with van der Waals surface area (Å²) in [5.41, 5.74) is 0.986. The van der Waals surface area contributed by atoms with Gasteiger partial charge in [-0.3, -0.25) is 9.69 Å². The fraction of sp³-hybridized carbons (Fsp3) is 0.300. The summed E-state index contributed by atoms with van der Waals surface area (Å²) in [5, 5.41) is 0.563. The van der Waals surface area contributed by atoms with Crippen LogP contribution in [0.3, 0.4) is 0 Å². The van der Waals surface area contributed by atoms with Gasteiger partial charge in [-0.05, 0) is 50.7 Å². The molecule has 0 bridgehead atoms. The van der Waals surface area contributed by atoms with E-state index in [0.717, 1.165) is 21.4 Å². The van der Waals surface area contributed by atoms with Crippen molar-refractivity contribution in [2.75, 3.05) is 44.6 Å². The molecule has 0 spiro atoms. The molecule has 29 heavy (non-hydrogen) atoms. The highest BCUT2D eigenvalue weighted by Gasteiger charge is 2.26. The molecular weight excluding hydrogens is 426 g/mol. The molecule has 0 fully saturated rings. The second-order valence-corrected chi connectivity index (χ2v) is 10.7. The summed E-state index contributed by atoms with van der Waals surface area (Å²) in [6.45, 7) is 1.03. The van der Waals surface area contributed by atoms with Gasteiger partial charge in [0.2, 0.25) is 0 Å². The lowest BCUT2D eigenvalue weighted by molar-refractivity contribution is 0.0982. The lowest BCUT2D eigenvalue weighted by Gasteiger charge is -2.22. The number of hydrogen-bond donors (Lipinski definition) is 0. The Morgan fingerprint density at radius 1 is 1.14 bits per heavy atom. The molecule has 0 aliphatic heterocycles. The molecule has 0 atom stereocenters. The Morgan fingerprint density at radius 3 is 2.52 bits per heavy atom. The molecule has 2 aromatic carbocycles. The average molecular weight is 450 g/mol. The van der Waals surface area contributed by atoms with Crippen LogP contribution in [0.15, 0.2) is 52.3 Å². The average Bonchev–Trinajstić information content (AvgIpc) is 3.09. The smallest absolute Gasteiger partial charge is 0.261 e. The monoisotopic (exact) mass is 449 g/mol. The van der Waals surface area contributed by atoms with Crippen molar-refractivity contribution in [2.24, 2.45) is 0 Å². The van der Waals surface area contributed by atoms with Crippen LogP contribution in [0.2, 0.25) is 0 Å². The lowest BCUT2D eigenvalue weighted by Crippen LogP contribution is -2.37. The van der Waals surface area contributed by atoms with E-state index in [0.29, 0.717) is 18.2 Å². The standard InChI is InChI=1S/C20H23N3O3S3/c1-22(2)11-12-23(19(24)15-7-5-6-8-18(15)29(4,25)26)20-21-16-10-9-14(27-3)13-17(16)28-20/h5-10,13H,11-12H2,1-4H3. The zero-order valence-corrected chi connectivity index (χ0v) is 19.2. The summed E-state index contributed by atoms with van der Waals surface area (Å²) in [5.74, 6) is -0.364. The Labute approximate surface area is 179 Å². The molecule has 0 aliphatic rings. The number of hydrogen-bond acceptors (Lipinski definition) is 7. The first-order valence-electron chi connectivity index (χ1n) is 8.91. The van der Waals surface area contributed by atoms with Crippen LogP contribution in [0.5, 0.6) is 0 Å². The molecule has 154 valence electrons. The maximum absolute atomic E-state index is 13.4. The van der Waals surface area contributed by atoms with Crippen molar-refractivity contribution < 1.29 is 13.2 Å². The number of carbonyl (C=O) groups is 1. The summed E-state index contributed by atoms with van der Waals surface area (Å²) in [7, 11) is 0.317. The first kappa shape index (κ1) is 21.8. The van der Waals surface area contributed by atoms with Crippen molar-refractivity contribution >= 4 is 54.2 Å². The number of benzene rings is 2. The Hall–Kier alpha value is -1.94. The number of thiazole rings is 1. The molecule has 0 saturated carbocycles. The van der Waals surface area contributed by atoms with Crippen LogP contribution in [-0.2, 0) is 9.84 Å². The minimum atomic E-state index is -3.54. The van der Waals surface area contributed by atoms with Crippen LogP contribution in [0.4, 0.5) is 5.13 Å². The fourth-order valence-electron chi connectivity index (χ4n) is 2.83. The highest BCUT2D eigenvalue weighted by atomic mass is 32.2. The molecule has 0 saturated heterocycles. The van der Waals surface area contributed by atoms with Gasteiger partial charge in [0.05, 0.1) is 20.7 Å². The first-order chi connectivity index (χ1) is 13.7. The van der Waals surface area contributed by atoms with Crippen molar-refractivity contribution in [1.29, 1.82) is 0 Å². The molecular formula is C20H23N3O3S3. The quantitative estimate of drug-likeness (QED) is 0.513. The molecule has 0 radical (unpaired) electrons. The van der Waals surface area contributed by atoms with E-state index in [1.54, 1.807) is 34.9 Å². The number of aromatic nitrogens is 1. The van der Waals surface area contributed by atoms with Gasteiger partial charge in [0.15, 0.2) is 15.0 Å². The van der Waals surface area contributed by atoms with Crippen LogP contribution < -0.4 is 4.90 Å². The van der Waals surface area contributed by atoms with Crippen LogP contribution in [0, 0.1) is 0 Å². The Balaban J connectivity index is 2.08. The third kappa shape index (κ3) is 4.98. The predicted molar refractivity (Wildman–Crippen MR) is 121 cm³/mol. The summed E-state index contributed by atoms with van der Waals surface area (Å²) in [4.78, 5) is 22.8. The summed E-state index contributed by atoms with van der Waals surface area (Å²) >= 11 is 3.08. The highest BCUT2D eigenvalue weighted by molar-refractivity contribution is 7.98.